The molecular weight excluding hydrogens is 769 g/mol. The Morgan fingerprint density at radius 2 is 0.629 bits per heavy atom. The zero-order valence-corrected chi connectivity index (χ0v) is 41.1. The smallest absolute Gasteiger partial charge is 0.306 e. The van der Waals surface area contributed by atoms with Gasteiger partial charge in [0.15, 0.2) is 6.10 Å². The van der Waals surface area contributed by atoms with Gasteiger partial charge in [-0.2, -0.15) is 0 Å². The minimum atomic E-state index is -0.785. The van der Waals surface area contributed by atoms with Crippen molar-refractivity contribution in [2.75, 3.05) is 13.2 Å². The Bertz CT molecular complexity index is 1090. The summed E-state index contributed by atoms with van der Waals surface area (Å²) >= 11 is 0. The summed E-state index contributed by atoms with van der Waals surface area (Å²) in [6.45, 7) is 6.51. The Balaban J connectivity index is 4.34. The summed E-state index contributed by atoms with van der Waals surface area (Å²) in [6.07, 6.45) is 61.0. The molecule has 0 saturated heterocycles. The average Bonchev–Trinajstić information content (AvgIpc) is 3.27. The fourth-order valence-electron chi connectivity index (χ4n) is 7.57. The zero-order chi connectivity index (χ0) is 45.1. The highest BCUT2D eigenvalue weighted by molar-refractivity contribution is 5.71. The lowest BCUT2D eigenvalue weighted by molar-refractivity contribution is -0.167. The van der Waals surface area contributed by atoms with Gasteiger partial charge < -0.3 is 14.2 Å². The number of allylic oxidation sites excluding steroid dienone is 8. The first kappa shape index (κ1) is 59.4. The Kier molecular flexibility index (Phi) is 48.8. The van der Waals surface area contributed by atoms with E-state index >= 15 is 0 Å². The van der Waals surface area contributed by atoms with E-state index in [1.54, 1.807) is 0 Å². The molecule has 6 heteroatoms. The molecule has 0 fully saturated rings. The second-order valence-corrected chi connectivity index (χ2v) is 17.8. The largest absolute Gasteiger partial charge is 0.462 e. The topological polar surface area (TPSA) is 78.9 Å². The molecule has 0 N–H and O–H groups in total. The van der Waals surface area contributed by atoms with Crippen LogP contribution < -0.4 is 0 Å². The first-order valence-corrected chi connectivity index (χ1v) is 26.6. The van der Waals surface area contributed by atoms with Gasteiger partial charge in [-0.25, -0.2) is 0 Å². The third kappa shape index (κ3) is 48.4. The van der Waals surface area contributed by atoms with Crippen LogP contribution in [0.2, 0.25) is 0 Å². The molecule has 0 amide bonds. The molecule has 0 aromatic rings. The minimum Gasteiger partial charge on any atom is -0.462 e. The summed E-state index contributed by atoms with van der Waals surface area (Å²) in [7, 11) is 0. The number of unbranched alkanes of at least 4 members (excludes halogenated alkanes) is 29. The number of hydrogen-bond acceptors (Lipinski definition) is 6. The molecule has 6 nitrogen and oxygen atoms in total. The van der Waals surface area contributed by atoms with E-state index < -0.39 is 6.10 Å². The predicted molar refractivity (Wildman–Crippen MR) is 265 cm³/mol. The Morgan fingerprint density at radius 1 is 0.339 bits per heavy atom. The number of carbonyl (C=O) groups is 3. The van der Waals surface area contributed by atoms with Gasteiger partial charge in [-0.1, -0.05) is 223 Å². The summed E-state index contributed by atoms with van der Waals surface area (Å²) in [4.78, 5) is 38.0. The van der Waals surface area contributed by atoms with Gasteiger partial charge in [-0.05, 0) is 77.0 Å². The van der Waals surface area contributed by atoms with Crippen LogP contribution in [0.3, 0.4) is 0 Å². The van der Waals surface area contributed by atoms with Crippen LogP contribution in [0, 0.1) is 0 Å². The number of esters is 3. The van der Waals surface area contributed by atoms with Crippen molar-refractivity contribution in [3.63, 3.8) is 0 Å². The number of rotatable bonds is 48. The molecule has 0 spiro atoms. The van der Waals surface area contributed by atoms with Crippen molar-refractivity contribution in [2.45, 2.75) is 277 Å². The highest BCUT2D eigenvalue weighted by atomic mass is 16.6. The van der Waals surface area contributed by atoms with Gasteiger partial charge in [0, 0.05) is 19.3 Å². The average molecular weight is 869 g/mol. The molecule has 0 aromatic carbocycles. The summed E-state index contributed by atoms with van der Waals surface area (Å²) in [6, 6.07) is 0. The lowest BCUT2D eigenvalue weighted by Crippen LogP contribution is -2.30. The SMILES string of the molecule is CC/C=C\C/C=C\C/C=C\CCCCCC(=O)OC(COC(=O)CCCCCCCCCCC/C=C\CCCCCCCC)COC(=O)CCCCCCCCCCCCCC. The monoisotopic (exact) mass is 869 g/mol. The van der Waals surface area contributed by atoms with E-state index in [2.05, 4.69) is 69.4 Å². The van der Waals surface area contributed by atoms with E-state index in [1.165, 1.54) is 148 Å². The number of carbonyl (C=O) groups excluding carboxylic acids is 3. The first-order valence-electron chi connectivity index (χ1n) is 26.6. The molecule has 1 atom stereocenters. The molecule has 0 aliphatic carbocycles. The molecule has 0 bridgehead atoms. The summed E-state index contributed by atoms with van der Waals surface area (Å²) in [5.74, 6) is -0.907. The maximum Gasteiger partial charge on any atom is 0.306 e. The highest BCUT2D eigenvalue weighted by Crippen LogP contribution is 2.15. The normalized spacial score (nSPS) is 12.4. The van der Waals surface area contributed by atoms with E-state index in [-0.39, 0.29) is 31.1 Å². The van der Waals surface area contributed by atoms with Gasteiger partial charge in [0.05, 0.1) is 0 Å². The Morgan fingerprint density at radius 3 is 1.02 bits per heavy atom. The third-order valence-corrected chi connectivity index (χ3v) is 11.6. The van der Waals surface area contributed by atoms with E-state index in [4.69, 9.17) is 14.2 Å². The molecule has 62 heavy (non-hydrogen) atoms. The molecular formula is C56H100O6. The molecule has 1 unspecified atom stereocenters. The van der Waals surface area contributed by atoms with Crippen LogP contribution in [0.15, 0.2) is 48.6 Å². The maximum atomic E-state index is 12.8. The summed E-state index contributed by atoms with van der Waals surface area (Å²) < 4.78 is 16.8. The molecule has 0 aliphatic rings. The van der Waals surface area contributed by atoms with Crippen molar-refractivity contribution < 1.29 is 28.6 Å². The lowest BCUT2D eigenvalue weighted by Gasteiger charge is -2.18. The van der Waals surface area contributed by atoms with Crippen molar-refractivity contribution in [1.29, 1.82) is 0 Å². The number of hydrogen-bond donors (Lipinski definition) is 0. The van der Waals surface area contributed by atoms with Gasteiger partial charge >= 0.3 is 17.9 Å². The van der Waals surface area contributed by atoms with Crippen LogP contribution in [0.25, 0.3) is 0 Å². The zero-order valence-electron chi connectivity index (χ0n) is 41.1. The van der Waals surface area contributed by atoms with Gasteiger partial charge in [0.1, 0.15) is 13.2 Å². The lowest BCUT2D eigenvalue weighted by atomic mass is 10.0. The fraction of sp³-hybridized carbons (Fsp3) is 0.804. The van der Waals surface area contributed by atoms with Crippen molar-refractivity contribution >= 4 is 17.9 Å². The standard InChI is InChI=1S/C56H100O6/c1-4-7-10-13-16-19-22-25-26-27-28-29-30-32-34-37-40-43-46-49-55(58)61-52-53(51-60-54(57)48-45-42-39-36-33-24-21-18-15-12-9-6-3)62-56(59)50-47-44-41-38-35-31-23-20-17-14-11-8-5-2/h8,11,17,20,25-26,31,35,53H,4-7,9-10,12-16,18-19,21-24,27-30,32-34,36-52H2,1-3H3/b11-8-,20-17-,26-25-,35-31-. The Hall–Kier alpha value is -2.63. The molecule has 0 rings (SSSR count). The second-order valence-electron chi connectivity index (χ2n) is 17.8. The minimum absolute atomic E-state index is 0.0831. The van der Waals surface area contributed by atoms with Crippen molar-refractivity contribution in [2.24, 2.45) is 0 Å². The van der Waals surface area contributed by atoms with Crippen LogP contribution in [0.4, 0.5) is 0 Å². The van der Waals surface area contributed by atoms with Gasteiger partial charge in [0.25, 0.3) is 0 Å². The molecule has 0 saturated carbocycles. The summed E-state index contributed by atoms with van der Waals surface area (Å²) in [5, 5.41) is 0. The van der Waals surface area contributed by atoms with Crippen LogP contribution in [-0.2, 0) is 28.6 Å². The summed E-state index contributed by atoms with van der Waals surface area (Å²) in [5.41, 5.74) is 0. The van der Waals surface area contributed by atoms with Crippen molar-refractivity contribution in [1.82, 2.24) is 0 Å². The molecule has 0 aromatic heterocycles. The van der Waals surface area contributed by atoms with E-state index in [1.807, 2.05) is 0 Å². The fourth-order valence-corrected chi connectivity index (χ4v) is 7.57. The number of ether oxygens (including phenoxy) is 3. The Labute approximate surface area is 384 Å². The van der Waals surface area contributed by atoms with Crippen molar-refractivity contribution in [3.05, 3.63) is 48.6 Å². The van der Waals surface area contributed by atoms with Crippen LogP contribution in [0.1, 0.15) is 271 Å². The second kappa shape index (κ2) is 51.0. The first-order chi connectivity index (χ1) is 30.5. The van der Waals surface area contributed by atoms with E-state index in [0.29, 0.717) is 19.3 Å². The van der Waals surface area contributed by atoms with E-state index in [9.17, 15) is 14.4 Å². The van der Waals surface area contributed by atoms with Crippen LogP contribution >= 0.6 is 0 Å². The van der Waals surface area contributed by atoms with Gasteiger partial charge in [0.2, 0.25) is 0 Å². The van der Waals surface area contributed by atoms with E-state index in [0.717, 1.165) is 83.5 Å². The van der Waals surface area contributed by atoms with Crippen LogP contribution in [-0.4, -0.2) is 37.2 Å². The van der Waals surface area contributed by atoms with Gasteiger partial charge in [-0.3, -0.25) is 14.4 Å². The molecule has 0 heterocycles. The maximum absolute atomic E-state index is 12.8. The van der Waals surface area contributed by atoms with Gasteiger partial charge in [-0.15, -0.1) is 0 Å². The quantitative estimate of drug-likeness (QED) is 0.0262. The molecule has 0 aliphatic heterocycles. The van der Waals surface area contributed by atoms with Crippen LogP contribution in [0.5, 0.6) is 0 Å². The molecule has 360 valence electrons. The highest BCUT2D eigenvalue weighted by Gasteiger charge is 2.19. The molecule has 0 radical (unpaired) electrons. The third-order valence-electron chi connectivity index (χ3n) is 11.6. The van der Waals surface area contributed by atoms with Crippen molar-refractivity contribution in [3.8, 4) is 0 Å². The predicted octanol–water partition coefficient (Wildman–Crippen LogP) is 17.5.